The van der Waals surface area contributed by atoms with E-state index in [4.69, 9.17) is 4.74 Å². The van der Waals surface area contributed by atoms with Crippen LogP contribution in [0, 0.1) is 12.8 Å². The fourth-order valence-electron chi connectivity index (χ4n) is 2.35. The van der Waals surface area contributed by atoms with Crippen molar-refractivity contribution in [3.63, 3.8) is 0 Å². The van der Waals surface area contributed by atoms with Gasteiger partial charge in [-0.05, 0) is 26.3 Å². The van der Waals surface area contributed by atoms with E-state index in [9.17, 15) is 5.11 Å². The molecule has 0 saturated carbocycles. The molecule has 2 rings (SSSR count). The number of aliphatic hydroxyl groups excluding tert-OH is 1. The zero-order valence-electron chi connectivity index (χ0n) is 10.2. The van der Waals surface area contributed by atoms with Gasteiger partial charge in [0.2, 0.25) is 0 Å². The second-order valence-corrected chi connectivity index (χ2v) is 4.81. The quantitative estimate of drug-likeness (QED) is 0.835. The molecule has 1 aliphatic rings. The highest BCUT2D eigenvalue weighted by Gasteiger charge is 2.28. The maximum atomic E-state index is 10.1. The summed E-state index contributed by atoms with van der Waals surface area (Å²) in [5.74, 6) is 0.269. The predicted octanol–water partition coefficient (Wildman–Crippen LogP) is 1.06. The summed E-state index contributed by atoms with van der Waals surface area (Å²) < 4.78 is 7.32. The van der Waals surface area contributed by atoms with Gasteiger partial charge in [-0.1, -0.05) is 0 Å². The minimum absolute atomic E-state index is 0.269. The summed E-state index contributed by atoms with van der Waals surface area (Å²) in [6.07, 6.45) is 1.59. The van der Waals surface area contributed by atoms with E-state index in [1.54, 1.807) is 0 Å². The number of nitrogens with zero attached hydrogens (tertiary/aromatic N) is 2. The Hall–Kier alpha value is -0.870. The van der Waals surface area contributed by atoms with Crippen LogP contribution in [0.25, 0.3) is 0 Å². The molecule has 16 heavy (non-hydrogen) atoms. The Kier molecular flexibility index (Phi) is 3.30. The van der Waals surface area contributed by atoms with Crippen LogP contribution in [0.3, 0.4) is 0 Å². The summed E-state index contributed by atoms with van der Waals surface area (Å²) in [7, 11) is 1.92. The Morgan fingerprint density at radius 3 is 2.94 bits per heavy atom. The van der Waals surface area contributed by atoms with Crippen LogP contribution in [-0.4, -0.2) is 33.7 Å². The molecule has 0 bridgehead atoms. The van der Waals surface area contributed by atoms with E-state index in [1.165, 1.54) is 0 Å². The molecule has 0 aromatic carbocycles. The molecule has 90 valence electrons. The molecule has 4 nitrogen and oxygen atoms in total. The van der Waals surface area contributed by atoms with Crippen LogP contribution in [0.15, 0.2) is 6.07 Å². The highest BCUT2D eigenvalue weighted by atomic mass is 16.5. The fourth-order valence-corrected chi connectivity index (χ4v) is 2.35. The van der Waals surface area contributed by atoms with Gasteiger partial charge in [-0.25, -0.2) is 0 Å². The molecule has 1 aromatic heterocycles. The lowest BCUT2D eigenvalue weighted by molar-refractivity contribution is 0.0796. The van der Waals surface area contributed by atoms with Crippen molar-refractivity contribution in [2.24, 2.45) is 13.0 Å². The lowest BCUT2D eigenvalue weighted by Crippen LogP contribution is -2.24. The summed E-state index contributed by atoms with van der Waals surface area (Å²) in [6.45, 7) is 4.71. The fraction of sp³-hybridized carbons (Fsp3) is 0.750. The summed E-state index contributed by atoms with van der Waals surface area (Å²) in [6, 6.07) is 2.03. The zero-order chi connectivity index (χ0) is 11.7. The Labute approximate surface area is 96.2 Å². The Morgan fingerprint density at radius 1 is 1.69 bits per heavy atom. The van der Waals surface area contributed by atoms with E-state index < -0.39 is 0 Å². The van der Waals surface area contributed by atoms with Gasteiger partial charge in [-0.3, -0.25) is 4.68 Å². The molecule has 1 saturated heterocycles. The normalized spacial score (nSPS) is 27.2. The minimum atomic E-state index is -0.320. The van der Waals surface area contributed by atoms with E-state index in [2.05, 4.69) is 12.0 Å². The Bertz CT molecular complexity index is 362. The van der Waals surface area contributed by atoms with Crippen molar-refractivity contribution in [1.29, 1.82) is 0 Å². The highest BCUT2D eigenvalue weighted by Crippen LogP contribution is 2.24. The second kappa shape index (κ2) is 4.55. The van der Waals surface area contributed by atoms with Crippen LogP contribution in [-0.2, 0) is 18.2 Å². The molecule has 1 N–H and O–H groups in total. The summed E-state index contributed by atoms with van der Waals surface area (Å²) in [5.41, 5.74) is 2.09. The summed E-state index contributed by atoms with van der Waals surface area (Å²) >= 11 is 0. The zero-order valence-corrected chi connectivity index (χ0v) is 10.2. The third-order valence-electron chi connectivity index (χ3n) is 3.29. The third-order valence-corrected chi connectivity index (χ3v) is 3.29. The van der Waals surface area contributed by atoms with Crippen molar-refractivity contribution < 1.29 is 9.84 Å². The largest absolute Gasteiger partial charge is 0.392 e. The van der Waals surface area contributed by atoms with Crippen molar-refractivity contribution in [2.45, 2.75) is 38.9 Å². The first-order valence-electron chi connectivity index (χ1n) is 5.85. The number of aryl methyl sites for hydroxylation is 2. The van der Waals surface area contributed by atoms with E-state index in [1.807, 2.05) is 24.7 Å². The first-order valence-corrected chi connectivity index (χ1v) is 5.85. The van der Waals surface area contributed by atoms with Gasteiger partial charge in [0.25, 0.3) is 0 Å². The number of aromatic nitrogens is 2. The van der Waals surface area contributed by atoms with E-state index >= 15 is 0 Å². The monoisotopic (exact) mass is 224 g/mol. The van der Waals surface area contributed by atoms with Crippen LogP contribution in [0.4, 0.5) is 0 Å². The SMILES string of the molecule is Cc1cc(CC(O)C2COC(C)C2)n(C)n1. The van der Waals surface area contributed by atoms with Crippen LogP contribution < -0.4 is 0 Å². The number of ether oxygens (including phenoxy) is 1. The molecule has 1 aromatic rings. The van der Waals surface area contributed by atoms with Crippen LogP contribution in [0.1, 0.15) is 24.7 Å². The lowest BCUT2D eigenvalue weighted by atomic mass is 9.96. The molecule has 4 heteroatoms. The van der Waals surface area contributed by atoms with Gasteiger partial charge in [0.05, 0.1) is 24.5 Å². The molecule has 0 spiro atoms. The number of aliphatic hydroxyl groups is 1. The average Bonchev–Trinajstić information content (AvgIpc) is 2.74. The molecular formula is C12H20N2O2. The van der Waals surface area contributed by atoms with Gasteiger partial charge in [-0.2, -0.15) is 5.10 Å². The molecule has 0 radical (unpaired) electrons. The van der Waals surface area contributed by atoms with Gasteiger partial charge in [0.1, 0.15) is 0 Å². The maximum Gasteiger partial charge on any atom is 0.0646 e. The first-order chi connectivity index (χ1) is 7.56. The molecule has 1 aliphatic heterocycles. The molecular weight excluding hydrogens is 204 g/mol. The predicted molar refractivity (Wildman–Crippen MR) is 61.2 cm³/mol. The first kappa shape index (κ1) is 11.6. The number of hydrogen-bond acceptors (Lipinski definition) is 3. The van der Waals surface area contributed by atoms with Crippen LogP contribution >= 0.6 is 0 Å². The second-order valence-electron chi connectivity index (χ2n) is 4.81. The molecule has 2 heterocycles. The summed E-state index contributed by atoms with van der Waals surface area (Å²) in [4.78, 5) is 0. The van der Waals surface area contributed by atoms with Crippen molar-refractivity contribution in [3.8, 4) is 0 Å². The average molecular weight is 224 g/mol. The topological polar surface area (TPSA) is 47.3 Å². The van der Waals surface area contributed by atoms with Crippen molar-refractivity contribution in [3.05, 3.63) is 17.5 Å². The maximum absolute atomic E-state index is 10.1. The van der Waals surface area contributed by atoms with Gasteiger partial charge < -0.3 is 9.84 Å². The number of rotatable bonds is 3. The van der Waals surface area contributed by atoms with Gasteiger partial charge in [0, 0.05) is 25.1 Å². The molecule has 3 unspecified atom stereocenters. The molecule has 0 aliphatic carbocycles. The van der Waals surface area contributed by atoms with Crippen molar-refractivity contribution in [2.75, 3.05) is 6.61 Å². The van der Waals surface area contributed by atoms with E-state index in [0.717, 1.165) is 17.8 Å². The Balaban J connectivity index is 1.96. The van der Waals surface area contributed by atoms with Crippen molar-refractivity contribution >= 4 is 0 Å². The van der Waals surface area contributed by atoms with Gasteiger partial charge in [0.15, 0.2) is 0 Å². The van der Waals surface area contributed by atoms with Crippen LogP contribution in [0.2, 0.25) is 0 Å². The summed E-state index contributed by atoms with van der Waals surface area (Å²) in [5, 5.41) is 14.4. The Morgan fingerprint density at radius 2 is 2.44 bits per heavy atom. The lowest BCUT2D eigenvalue weighted by Gasteiger charge is -2.16. The standard InChI is InChI=1S/C12H20N2O2/c1-8-4-11(14(3)13-8)6-12(15)10-5-9(2)16-7-10/h4,9-10,12,15H,5-7H2,1-3H3. The van der Waals surface area contributed by atoms with E-state index in [-0.39, 0.29) is 18.1 Å². The van der Waals surface area contributed by atoms with Gasteiger partial charge >= 0.3 is 0 Å². The van der Waals surface area contributed by atoms with E-state index in [0.29, 0.717) is 13.0 Å². The highest BCUT2D eigenvalue weighted by molar-refractivity contribution is 5.09. The molecule has 3 atom stereocenters. The van der Waals surface area contributed by atoms with Gasteiger partial charge in [-0.15, -0.1) is 0 Å². The number of hydrogen-bond donors (Lipinski definition) is 1. The molecule has 1 fully saturated rings. The van der Waals surface area contributed by atoms with Crippen molar-refractivity contribution in [1.82, 2.24) is 9.78 Å². The molecule has 0 amide bonds. The third kappa shape index (κ3) is 2.44. The van der Waals surface area contributed by atoms with Crippen LogP contribution in [0.5, 0.6) is 0 Å². The smallest absolute Gasteiger partial charge is 0.0646 e. The minimum Gasteiger partial charge on any atom is -0.392 e.